The van der Waals surface area contributed by atoms with Gasteiger partial charge in [0.25, 0.3) is 0 Å². The number of ether oxygens (including phenoxy) is 1. The summed E-state index contributed by atoms with van der Waals surface area (Å²) in [6.07, 6.45) is 7.92. The Hall–Kier alpha value is 0.130. The third-order valence-corrected chi connectivity index (χ3v) is 11.8. The molecule has 4 aliphatic rings. The van der Waals surface area contributed by atoms with Gasteiger partial charge in [-0.25, -0.2) is 0 Å². The molecule has 0 amide bonds. The summed E-state index contributed by atoms with van der Waals surface area (Å²) < 4.78 is 6.39. The summed E-state index contributed by atoms with van der Waals surface area (Å²) in [5.41, 5.74) is 0.251. The van der Waals surface area contributed by atoms with Crippen molar-refractivity contribution in [3.8, 4) is 0 Å². The molecule has 1 heterocycles. The molecule has 3 nitrogen and oxygen atoms in total. The number of aliphatic hydroxyl groups excluding tert-OH is 1. The third kappa shape index (κ3) is 3.14. The maximum atomic E-state index is 11.8. The monoisotopic (exact) mass is 398 g/mol. The highest BCUT2D eigenvalue weighted by molar-refractivity contribution is 8.20. The van der Waals surface area contributed by atoms with E-state index in [1.165, 1.54) is 37.2 Å². The van der Waals surface area contributed by atoms with E-state index in [2.05, 4.69) is 13.8 Å². The minimum atomic E-state index is -0.234. The Labute approximate surface area is 166 Å². The second kappa shape index (κ2) is 7.18. The first-order chi connectivity index (χ1) is 12.3. The van der Waals surface area contributed by atoms with Crippen LogP contribution in [0.25, 0.3) is 0 Å². The zero-order chi connectivity index (χ0) is 18.5. The minimum absolute atomic E-state index is 0.0527. The predicted octanol–water partition coefficient (Wildman–Crippen LogP) is 4.72. The van der Waals surface area contributed by atoms with E-state index >= 15 is 0 Å². The van der Waals surface area contributed by atoms with Crippen LogP contribution in [0.1, 0.15) is 65.7 Å². The molecule has 0 radical (unpaired) electrons. The quantitative estimate of drug-likeness (QED) is 0.682. The topological polar surface area (TPSA) is 46.5 Å². The average Bonchev–Trinajstić information content (AvgIpc) is 3.12. The molecule has 26 heavy (non-hydrogen) atoms. The van der Waals surface area contributed by atoms with Crippen LogP contribution in [0.4, 0.5) is 0 Å². The molecule has 0 aromatic rings. The first kappa shape index (κ1) is 19.4. The number of hydrogen-bond donors (Lipinski definition) is 1. The number of thioether (sulfide) groups is 2. The fourth-order valence-corrected chi connectivity index (χ4v) is 10.1. The number of hydrogen-bond acceptors (Lipinski definition) is 5. The molecule has 1 N–H and O–H groups in total. The first-order valence-corrected chi connectivity index (χ1v) is 12.5. The molecule has 4 rings (SSSR count). The molecular formula is C21H34O3S2. The molecule has 148 valence electrons. The van der Waals surface area contributed by atoms with E-state index in [9.17, 15) is 9.90 Å². The van der Waals surface area contributed by atoms with E-state index in [1.807, 2.05) is 23.5 Å². The number of aliphatic hydroxyl groups is 1. The highest BCUT2D eigenvalue weighted by Gasteiger charge is 2.60. The Bertz CT molecular complexity index is 549. The summed E-state index contributed by atoms with van der Waals surface area (Å²) in [5, 5.41) is 11.3. The van der Waals surface area contributed by atoms with Crippen molar-refractivity contribution in [3.05, 3.63) is 0 Å². The van der Waals surface area contributed by atoms with Gasteiger partial charge < -0.3 is 9.84 Å². The molecule has 0 aromatic heterocycles. The van der Waals surface area contributed by atoms with Crippen molar-refractivity contribution < 1.29 is 14.6 Å². The standard InChI is InChI=1S/C21H34O3S2/c1-13(22)24-17-10-14-6-4-5-7-20(14,2)16-11-18(23)21(3,12-15(16)17)19-25-8-9-26-19/h14-19,23H,4-12H2,1-3H3/t14-,15+,16+,17+,18-,20-,21-/m0/s1. The van der Waals surface area contributed by atoms with Gasteiger partial charge in [-0.15, -0.1) is 23.5 Å². The normalized spacial score (nSPS) is 49.3. The van der Waals surface area contributed by atoms with Crippen LogP contribution in [0.2, 0.25) is 0 Å². The third-order valence-electron chi connectivity index (χ3n) is 8.20. The van der Waals surface area contributed by atoms with Crippen molar-refractivity contribution >= 4 is 29.5 Å². The van der Waals surface area contributed by atoms with E-state index in [1.54, 1.807) is 6.92 Å². The van der Waals surface area contributed by atoms with Gasteiger partial charge in [-0.1, -0.05) is 26.7 Å². The summed E-state index contributed by atoms with van der Waals surface area (Å²) in [7, 11) is 0. The first-order valence-electron chi connectivity index (χ1n) is 10.4. The van der Waals surface area contributed by atoms with Gasteiger partial charge in [0.15, 0.2) is 0 Å². The molecule has 5 heteroatoms. The van der Waals surface area contributed by atoms with Crippen LogP contribution in [0.5, 0.6) is 0 Å². The van der Waals surface area contributed by atoms with Crippen LogP contribution in [0.15, 0.2) is 0 Å². The van der Waals surface area contributed by atoms with Gasteiger partial charge in [0.1, 0.15) is 6.10 Å². The van der Waals surface area contributed by atoms with E-state index in [-0.39, 0.29) is 23.6 Å². The Morgan fingerprint density at radius 3 is 2.54 bits per heavy atom. The van der Waals surface area contributed by atoms with Gasteiger partial charge >= 0.3 is 5.97 Å². The highest BCUT2D eigenvalue weighted by atomic mass is 32.2. The van der Waals surface area contributed by atoms with E-state index in [0.29, 0.717) is 27.8 Å². The summed E-state index contributed by atoms with van der Waals surface area (Å²) in [5.74, 6) is 3.80. The molecule has 0 unspecified atom stereocenters. The van der Waals surface area contributed by atoms with Crippen LogP contribution < -0.4 is 0 Å². The summed E-state index contributed by atoms with van der Waals surface area (Å²) in [6.45, 7) is 6.33. The summed E-state index contributed by atoms with van der Waals surface area (Å²) in [6, 6.07) is 0. The number of fused-ring (bicyclic) bond motifs is 3. The Morgan fingerprint density at radius 2 is 1.85 bits per heavy atom. The fourth-order valence-electron chi connectivity index (χ4n) is 6.72. The minimum Gasteiger partial charge on any atom is -0.462 e. The van der Waals surface area contributed by atoms with Crippen LogP contribution in [-0.2, 0) is 9.53 Å². The lowest BCUT2D eigenvalue weighted by molar-refractivity contribution is -0.186. The lowest BCUT2D eigenvalue weighted by atomic mass is 9.46. The van der Waals surface area contributed by atoms with Crippen molar-refractivity contribution in [2.45, 2.75) is 82.5 Å². The van der Waals surface area contributed by atoms with E-state index in [0.717, 1.165) is 19.3 Å². The average molecular weight is 399 g/mol. The highest BCUT2D eigenvalue weighted by Crippen LogP contribution is 2.64. The molecule has 1 saturated heterocycles. The van der Waals surface area contributed by atoms with Gasteiger partial charge in [0, 0.05) is 29.8 Å². The van der Waals surface area contributed by atoms with Crippen LogP contribution in [0.3, 0.4) is 0 Å². The van der Waals surface area contributed by atoms with Crippen molar-refractivity contribution in [2.24, 2.45) is 28.6 Å². The molecule has 3 aliphatic carbocycles. The van der Waals surface area contributed by atoms with Crippen LogP contribution >= 0.6 is 23.5 Å². The molecule has 4 fully saturated rings. The Morgan fingerprint density at radius 1 is 1.12 bits per heavy atom. The fraction of sp³-hybridized carbons (Fsp3) is 0.952. The van der Waals surface area contributed by atoms with Gasteiger partial charge in [0.2, 0.25) is 0 Å². The summed E-state index contributed by atoms with van der Waals surface area (Å²) >= 11 is 4.05. The molecule has 0 aromatic carbocycles. The van der Waals surface area contributed by atoms with E-state index < -0.39 is 0 Å². The largest absolute Gasteiger partial charge is 0.462 e. The molecule has 0 bridgehead atoms. The predicted molar refractivity (Wildman–Crippen MR) is 109 cm³/mol. The zero-order valence-electron chi connectivity index (χ0n) is 16.4. The maximum absolute atomic E-state index is 11.8. The lowest BCUT2D eigenvalue weighted by Crippen LogP contribution is -2.59. The van der Waals surface area contributed by atoms with Crippen molar-refractivity contribution in [1.29, 1.82) is 0 Å². The number of carbonyl (C=O) groups is 1. The molecular weight excluding hydrogens is 364 g/mol. The number of rotatable bonds is 2. The van der Waals surface area contributed by atoms with Crippen molar-refractivity contribution in [1.82, 2.24) is 0 Å². The van der Waals surface area contributed by atoms with Crippen LogP contribution in [0, 0.1) is 28.6 Å². The molecule has 0 spiro atoms. The molecule has 1 aliphatic heterocycles. The lowest BCUT2D eigenvalue weighted by Gasteiger charge is -2.61. The van der Waals surface area contributed by atoms with Crippen molar-refractivity contribution in [2.75, 3.05) is 11.5 Å². The smallest absolute Gasteiger partial charge is 0.302 e. The van der Waals surface area contributed by atoms with E-state index in [4.69, 9.17) is 4.74 Å². The second-order valence-electron chi connectivity index (χ2n) is 9.64. The van der Waals surface area contributed by atoms with Gasteiger partial charge in [-0.2, -0.15) is 0 Å². The van der Waals surface area contributed by atoms with Gasteiger partial charge in [-0.3, -0.25) is 4.79 Å². The number of carbonyl (C=O) groups excluding carboxylic acids is 1. The maximum Gasteiger partial charge on any atom is 0.302 e. The van der Waals surface area contributed by atoms with Crippen molar-refractivity contribution in [3.63, 3.8) is 0 Å². The van der Waals surface area contributed by atoms with Gasteiger partial charge in [0.05, 0.1) is 10.7 Å². The zero-order valence-corrected chi connectivity index (χ0v) is 18.0. The second-order valence-corrected chi connectivity index (χ2v) is 12.4. The molecule has 7 atom stereocenters. The SMILES string of the molecule is CC(=O)O[C@@H]1C[C@@H]2CCCC[C@]2(C)[C@@H]2C[C@H](O)[C@@](C)(C3SCCS3)C[C@H]21. The van der Waals surface area contributed by atoms with Gasteiger partial charge in [-0.05, 0) is 49.4 Å². The van der Waals surface area contributed by atoms with Crippen LogP contribution in [-0.4, -0.2) is 39.4 Å². The Balaban J connectivity index is 1.65. The number of esters is 1. The summed E-state index contributed by atoms with van der Waals surface area (Å²) in [4.78, 5) is 11.8. The Kier molecular flexibility index (Phi) is 5.37. The molecule has 3 saturated carbocycles.